The third-order valence-electron chi connectivity index (χ3n) is 5.05. The van der Waals surface area contributed by atoms with E-state index in [1.54, 1.807) is 36.4 Å². The number of halogens is 1. The van der Waals surface area contributed by atoms with E-state index in [2.05, 4.69) is 5.32 Å². The summed E-state index contributed by atoms with van der Waals surface area (Å²) in [5, 5.41) is 3.95. The first-order valence-corrected chi connectivity index (χ1v) is 10.2. The molecule has 0 radical (unpaired) electrons. The molecule has 0 spiro atoms. The molecule has 0 saturated heterocycles. The number of para-hydroxylation sites is 1. The van der Waals surface area contributed by atoms with Gasteiger partial charge in [0.1, 0.15) is 22.8 Å². The van der Waals surface area contributed by atoms with Crippen LogP contribution in [0, 0.1) is 0 Å². The standard InChI is InChI=1S/C25H20ClNO5/c1-30-20-9-6-10-21(31-2)24(20)27-22(28)14-18-23(15-7-4-3-5-8-15)17-13-16(26)11-12-19(17)32-25(18)29/h3-13H,14H2,1-2H3,(H,27,28). The number of carbonyl (C=O) groups excluding carboxylic acids is 1. The summed E-state index contributed by atoms with van der Waals surface area (Å²) < 4.78 is 16.2. The summed E-state index contributed by atoms with van der Waals surface area (Å²) in [6.07, 6.45) is -0.212. The lowest BCUT2D eigenvalue weighted by molar-refractivity contribution is -0.115. The van der Waals surface area contributed by atoms with Gasteiger partial charge in [-0.3, -0.25) is 4.79 Å². The minimum atomic E-state index is -0.583. The highest BCUT2D eigenvalue weighted by Crippen LogP contribution is 2.35. The van der Waals surface area contributed by atoms with Gasteiger partial charge in [-0.05, 0) is 35.9 Å². The molecular weight excluding hydrogens is 430 g/mol. The fraction of sp³-hybridized carbons (Fsp3) is 0.120. The van der Waals surface area contributed by atoms with Crippen molar-refractivity contribution in [2.45, 2.75) is 6.42 Å². The monoisotopic (exact) mass is 449 g/mol. The summed E-state index contributed by atoms with van der Waals surface area (Å²) in [7, 11) is 3.00. The van der Waals surface area contributed by atoms with Crippen molar-refractivity contribution in [1.29, 1.82) is 0 Å². The molecule has 0 bridgehead atoms. The van der Waals surface area contributed by atoms with Gasteiger partial charge in [0.25, 0.3) is 0 Å². The zero-order chi connectivity index (χ0) is 22.7. The summed E-state index contributed by atoms with van der Waals surface area (Å²) in [4.78, 5) is 25.9. The molecule has 32 heavy (non-hydrogen) atoms. The number of carbonyl (C=O) groups is 1. The smallest absolute Gasteiger partial charge is 0.340 e. The molecule has 0 unspecified atom stereocenters. The molecule has 0 fully saturated rings. The Hall–Kier alpha value is -3.77. The van der Waals surface area contributed by atoms with Crippen LogP contribution in [0.1, 0.15) is 5.56 Å². The quantitative estimate of drug-likeness (QED) is 0.403. The summed E-state index contributed by atoms with van der Waals surface area (Å²) in [6, 6.07) is 19.6. The Balaban J connectivity index is 1.81. The van der Waals surface area contributed by atoms with Crippen LogP contribution in [-0.2, 0) is 11.2 Å². The molecule has 1 amide bonds. The van der Waals surface area contributed by atoms with Crippen LogP contribution in [0.25, 0.3) is 22.1 Å². The predicted octanol–water partition coefficient (Wildman–Crippen LogP) is 5.31. The van der Waals surface area contributed by atoms with Crippen molar-refractivity contribution in [3.63, 3.8) is 0 Å². The highest BCUT2D eigenvalue weighted by molar-refractivity contribution is 6.31. The Bertz CT molecular complexity index is 1330. The van der Waals surface area contributed by atoms with Crippen molar-refractivity contribution in [3.05, 3.63) is 87.7 Å². The lowest BCUT2D eigenvalue weighted by Crippen LogP contribution is -2.21. The van der Waals surface area contributed by atoms with Gasteiger partial charge >= 0.3 is 5.63 Å². The molecule has 0 atom stereocenters. The fourth-order valence-electron chi connectivity index (χ4n) is 3.63. The van der Waals surface area contributed by atoms with Crippen LogP contribution < -0.4 is 20.4 Å². The predicted molar refractivity (Wildman–Crippen MR) is 125 cm³/mol. The van der Waals surface area contributed by atoms with Crippen molar-refractivity contribution in [3.8, 4) is 22.6 Å². The van der Waals surface area contributed by atoms with Crippen LogP contribution >= 0.6 is 11.6 Å². The van der Waals surface area contributed by atoms with Crippen LogP contribution in [0.5, 0.6) is 11.5 Å². The number of rotatable bonds is 6. The van der Waals surface area contributed by atoms with Crippen molar-refractivity contribution in [1.82, 2.24) is 0 Å². The maximum Gasteiger partial charge on any atom is 0.340 e. The van der Waals surface area contributed by atoms with E-state index in [4.69, 9.17) is 25.5 Å². The summed E-state index contributed by atoms with van der Waals surface area (Å²) in [5.74, 6) is 0.468. The first-order chi connectivity index (χ1) is 15.5. The normalized spacial score (nSPS) is 10.7. The van der Waals surface area contributed by atoms with Gasteiger partial charge < -0.3 is 19.2 Å². The lowest BCUT2D eigenvalue weighted by atomic mass is 9.95. The number of benzene rings is 3. The molecule has 4 aromatic rings. The van der Waals surface area contributed by atoms with Gasteiger partial charge in [-0.15, -0.1) is 0 Å². The largest absolute Gasteiger partial charge is 0.494 e. The van der Waals surface area contributed by atoms with E-state index in [1.807, 2.05) is 30.3 Å². The van der Waals surface area contributed by atoms with Gasteiger partial charge in [0.05, 0.1) is 26.2 Å². The number of methoxy groups -OCH3 is 2. The molecule has 3 aromatic carbocycles. The van der Waals surface area contributed by atoms with E-state index in [1.165, 1.54) is 14.2 Å². The van der Waals surface area contributed by atoms with E-state index in [0.29, 0.717) is 38.7 Å². The van der Waals surface area contributed by atoms with Crippen molar-refractivity contribution >= 4 is 34.2 Å². The maximum absolute atomic E-state index is 13.0. The number of hydrogen-bond acceptors (Lipinski definition) is 5. The fourth-order valence-corrected chi connectivity index (χ4v) is 3.80. The molecule has 0 aliphatic rings. The first kappa shape index (κ1) is 21.5. The highest BCUT2D eigenvalue weighted by atomic mass is 35.5. The van der Waals surface area contributed by atoms with E-state index < -0.39 is 11.5 Å². The highest BCUT2D eigenvalue weighted by Gasteiger charge is 2.21. The second-order valence-corrected chi connectivity index (χ2v) is 7.45. The minimum Gasteiger partial charge on any atom is -0.494 e. The molecule has 6 nitrogen and oxygen atoms in total. The van der Waals surface area contributed by atoms with Crippen LogP contribution in [0.15, 0.2) is 75.9 Å². The topological polar surface area (TPSA) is 77.8 Å². The molecule has 1 heterocycles. The van der Waals surface area contributed by atoms with Crippen molar-refractivity contribution < 1.29 is 18.7 Å². The second-order valence-electron chi connectivity index (χ2n) is 7.01. The Morgan fingerprint density at radius 2 is 1.66 bits per heavy atom. The van der Waals surface area contributed by atoms with Crippen LogP contribution in [0.2, 0.25) is 5.02 Å². The van der Waals surface area contributed by atoms with Gasteiger partial charge in [-0.25, -0.2) is 4.79 Å². The molecule has 0 aliphatic heterocycles. The third kappa shape index (κ3) is 4.18. The number of amides is 1. The maximum atomic E-state index is 13.0. The van der Waals surface area contributed by atoms with Crippen LogP contribution in [-0.4, -0.2) is 20.1 Å². The Morgan fingerprint density at radius 1 is 0.969 bits per heavy atom. The number of hydrogen-bond donors (Lipinski definition) is 1. The number of fused-ring (bicyclic) bond motifs is 1. The van der Waals surface area contributed by atoms with Gasteiger partial charge in [0.15, 0.2) is 0 Å². The lowest BCUT2D eigenvalue weighted by Gasteiger charge is -2.15. The van der Waals surface area contributed by atoms with Crippen LogP contribution in [0.4, 0.5) is 5.69 Å². The van der Waals surface area contributed by atoms with Gasteiger partial charge in [0.2, 0.25) is 5.91 Å². The van der Waals surface area contributed by atoms with Crippen molar-refractivity contribution in [2.24, 2.45) is 0 Å². The second kappa shape index (κ2) is 9.16. The molecule has 0 saturated carbocycles. The summed E-state index contributed by atoms with van der Waals surface area (Å²) in [6.45, 7) is 0. The average Bonchev–Trinajstić information content (AvgIpc) is 2.80. The van der Waals surface area contributed by atoms with Crippen molar-refractivity contribution in [2.75, 3.05) is 19.5 Å². The molecule has 1 N–H and O–H groups in total. The number of nitrogens with one attached hydrogen (secondary N) is 1. The molecule has 7 heteroatoms. The van der Waals surface area contributed by atoms with E-state index in [9.17, 15) is 9.59 Å². The molecule has 4 rings (SSSR count). The van der Waals surface area contributed by atoms with Gasteiger partial charge in [-0.2, -0.15) is 0 Å². The van der Waals surface area contributed by atoms with E-state index in [0.717, 1.165) is 5.56 Å². The number of anilines is 1. The minimum absolute atomic E-state index is 0.212. The molecule has 162 valence electrons. The van der Waals surface area contributed by atoms with Gasteiger partial charge in [-0.1, -0.05) is 48.0 Å². The Labute approximate surface area is 189 Å². The van der Waals surface area contributed by atoms with E-state index >= 15 is 0 Å². The first-order valence-electron chi connectivity index (χ1n) is 9.83. The molecule has 0 aliphatic carbocycles. The Morgan fingerprint density at radius 3 is 2.31 bits per heavy atom. The van der Waals surface area contributed by atoms with Gasteiger partial charge in [0, 0.05) is 16.0 Å². The zero-order valence-electron chi connectivity index (χ0n) is 17.5. The summed E-state index contributed by atoms with van der Waals surface area (Å²) >= 11 is 6.22. The Kier molecular flexibility index (Phi) is 6.14. The summed E-state index contributed by atoms with van der Waals surface area (Å²) in [5.41, 5.74) is 1.83. The third-order valence-corrected chi connectivity index (χ3v) is 5.29. The number of ether oxygens (including phenoxy) is 2. The molecule has 1 aromatic heterocycles. The average molecular weight is 450 g/mol. The molecular formula is C25H20ClNO5. The van der Waals surface area contributed by atoms with Crippen LogP contribution in [0.3, 0.4) is 0 Å². The SMILES string of the molecule is COc1cccc(OC)c1NC(=O)Cc1c(-c2ccccc2)c2cc(Cl)ccc2oc1=O. The zero-order valence-corrected chi connectivity index (χ0v) is 18.2. The van der Waals surface area contributed by atoms with E-state index in [-0.39, 0.29) is 12.0 Å².